The topological polar surface area (TPSA) is 59.8 Å². The Morgan fingerprint density at radius 2 is 2.05 bits per heavy atom. The average molecular weight is 314 g/mol. The van der Waals surface area contributed by atoms with Gasteiger partial charge in [0.1, 0.15) is 6.54 Å². The third-order valence-electron chi connectivity index (χ3n) is 3.27. The molecule has 1 N–H and O–H groups in total. The van der Waals surface area contributed by atoms with Crippen LogP contribution >= 0.6 is 0 Å². The highest BCUT2D eigenvalue weighted by atomic mass is 19.4. The van der Waals surface area contributed by atoms with E-state index < -0.39 is 18.6 Å². The molecule has 1 amide bonds. The van der Waals surface area contributed by atoms with Crippen LogP contribution in [0.2, 0.25) is 0 Å². The van der Waals surface area contributed by atoms with Crippen LogP contribution in [-0.2, 0) is 7.05 Å². The number of halogens is 3. The zero-order chi connectivity index (χ0) is 16.7. The molecule has 22 heavy (non-hydrogen) atoms. The summed E-state index contributed by atoms with van der Waals surface area (Å²) in [6, 6.07) is 1.54. The van der Waals surface area contributed by atoms with E-state index in [2.05, 4.69) is 10.1 Å². The van der Waals surface area contributed by atoms with E-state index in [1.807, 2.05) is 19.2 Å². The van der Waals surface area contributed by atoms with Crippen LogP contribution in [0.15, 0.2) is 6.07 Å². The number of carbonyl (C=O) groups excluding carboxylic acids is 1. The Balaban J connectivity index is 2.53. The van der Waals surface area contributed by atoms with Gasteiger partial charge in [-0.2, -0.15) is 18.3 Å². The van der Waals surface area contributed by atoms with Crippen LogP contribution in [0.5, 0.6) is 0 Å². The van der Waals surface area contributed by atoms with Crippen molar-refractivity contribution in [3.05, 3.63) is 23.0 Å². The fourth-order valence-electron chi connectivity index (χ4n) is 2.21. The molecule has 0 aliphatic rings. The molecule has 0 fully saturated rings. The molecule has 8 heteroatoms. The smallest absolute Gasteiger partial charge is 0.343 e. The van der Waals surface area contributed by atoms with Crippen LogP contribution in [-0.4, -0.2) is 33.4 Å². The summed E-state index contributed by atoms with van der Waals surface area (Å²) in [7, 11) is 1.68. The molecule has 0 bridgehead atoms. The van der Waals surface area contributed by atoms with Gasteiger partial charge in [0, 0.05) is 12.7 Å². The number of hydrogen-bond acceptors (Lipinski definition) is 3. The molecular formula is C14H17F3N4O. The molecule has 0 aliphatic heterocycles. The Morgan fingerprint density at radius 3 is 2.59 bits per heavy atom. The molecule has 0 spiro atoms. The maximum Gasteiger partial charge on any atom is 0.405 e. The van der Waals surface area contributed by atoms with E-state index in [1.54, 1.807) is 14.0 Å². The quantitative estimate of drug-likeness (QED) is 0.947. The summed E-state index contributed by atoms with van der Waals surface area (Å²) >= 11 is 0. The zero-order valence-corrected chi connectivity index (χ0v) is 12.7. The maximum absolute atomic E-state index is 12.3. The lowest BCUT2D eigenvalue weighted by Gasteiger charge is -2.12. The maximum atomic E-state index is 12.3. The Bertz CT molecular complexity index is 719. The van der Waals surface area contributed by atoms with Crippen LogP contribution in [0.4, 0.5) is 13.2 Å². The minimum atomic E-state index is -4.45. The second kappa shape index (κ2) is 5.58. The third kappa shape index (κ3) is 3.20. The Labute approximate surface area is 125 Å². The van der Waals surface area contributed by atoms with Crippen LogP contribution in [0.3, 0.4) is 0 Å². The standard InChI is InChI=1S/C14H17F3N4O/c1-7(2)10-5-9(13(22)18-6-14(15,16)17)11-8(3)20-21(4)12(11)19-10/h5,7H,6H2,1-4H3,(H,18,22). The lowest BCUT2D eigenvalue weighted by Crippen LogP contribution is -2.34. The largest absolute Gasteiger partial charge is 0.405 e. The minimum Gasteiger partial charge on any atom is -0.343 e. The van der Waals surface area contributed by atoms with Crippen LogP contribution in [0, 0.1) is 6.92 Å². The predicted octanol–water partition coefficient (Wildman–Crippen LogP) is 2.69. The van der Waals surface area contributed by atoms with Gasteiger partial charge in [-0.1, -0.05) is 13.8 Å². The summed E-state index contributed by atoms with van der Waals surface area (Å²) in [5.41, 5.74) is 1.84. The fraction of sp³-hybridized carbons (Fsp3) is 0.500. The molecule has 0 saturated heterocycles. The summed E-state index contributed by atoms with van der Waals surface area (Å²) < 4.78 is 38.4. The molecule has 5 nitrogen and oxygen atoms in total. The van der Waals surface area contributed by atoms with E-state index >= 15 is 0 Å². The van der Waals surface area contributed by atoms with Gasteiger partial charge in [0.25, 0.3) is 5.91 Å². The van der Waals surface area contributed by atoms with Gasteiger partial charge in [-0.15, -0.1) is 0 Å². The molecule has 2 heterocycles. The number of nitrogens with zero attached hydrogens (tertiary/aromatic N) is 3. The molecule has 0 unspecified atom stereocenters. The van der Waals surface area contributed by atoms with Crippen LogP contribution in [0.1, 0.15) is 41.5 Å². The van der Waals surface area contributed by atoms with Gasteiger partial charge < -0.3 is 5.32 Å². The van der Waals surface area contributed by atoms with Crippen molar-refractivity contribution in [2.24, 2.45) is 7.05 Å². The number of alkyl halides is 3. The first kappa shape index (κ1) is 16.3. The third-order valence-corrected chi connectivity index (χ3v) is 3.27. The van der Waals surface area contributed by atoms with Gasteiger partial charge in [0.2, 0.25) is 0 Å². The number of fused-ring (bicyclic) bond motifs is 1. The second-order valence-corrected chi connectivity index (χ2v) is 5.45. The zero-order valence-electron chi connectivity index (χ0n) is 12.7. The van der Waals surface area contributed by atoms with Gasteiger partial charge in [-0.25, -0.2) is 4.98 Å². The molecule has 0 aromatic carbocycles. The lowest BCUT2D eigenvalue weighted by molar-refractivity contribution is -0.123. The van der Waals surface area contributed by atoms with Crippen LogP contribution in [0.25, 0.3) is 11.0 Å². The number of aromatic nitrogens is 3. The lowest BCUT2D eigenvalue weighted by atomic mass is 10.0. The molecule has 0 aliphatic carbocycles. The Morgan fingerprint density at radius 1 is 1.41 bits per heavy atom. The van der Waals surface area contributed by atoms with E-state index in [0.717, 1.165) is 0 Å². The van der Waals surface area contributed by atoms with Gasteiger partial charge in [-0.05, 0) is 18.9 Å². The summed E-state index contributed by atoms with van der Waals surface area (Å²) in [5, 5.41) is 6.58. The fourth-order valence-corrected chi connectivity index (χ4v) is 2.21. The van der Waals surface area contributed by atoms with Gasteiger partial charge in [0.15, 0.2) is 5.65 Å². The van der Waals surface area contributed by atoms with E-state index in [-0.39, 0.29) is 11.5 Å². The van der Waals surface area contributed by atoms with Gasteiger partial charge in [0.05, 0.1) is 16.6 Å². The highest BCUT2D eigenvalue weighted by Gasteiger charge is 2.29. The van der Waals surface area contributed by atoms with Gasteiger partial charge in [-0.3, -0.25) is 9.48 Å². The first-order valence-electron chi connectivity index (χ1n) is 6.79. The number of nitrogens with one attached hydrogen (secondary N) is 1. The van der Waals surface area contributed by atoms with Crippen molar-refractivity contribution in [1.29, 1.82) is 0 Å². The van der Waals surface area contributed by atoms with E-state index in [1.165, 1.54) is 10.7 Å². The normalized spacial score (nSPS) is 12.2. The number of rotatable bonds is 3. The molecule has 0 atom stereocenters. The first-order valence-corrected chi connectivity index (χ1v) is 6.79. The number of hydrogen-bond donors (Lipinski definition) is 1. The van der Waals surface area contributed by atoms with Crippen molar-refractivity contribution in [1.82, 2.24) is 20.1 Å². The number of aryl methyl sites for hydroxylation is 2. The van der Waals surface area contributed by atoms with E-state index in [0.29, 0.717) is 22.4 Å². The molecule has 2 aromatic rings. The molecule has 120 valence electrons. The average Bonchev–Trinajstić information content (AvgIpc) is 2.69. The first-order chi connectivity index (χ1) is 10.1. The molecular weight excluding hydrogens is 297 g/mol. The van der Waals surface area contributed by atoms with Crippen molar-refractivity contribution in [3.63, 3.8) is 0 Å². The SMILES string of the molecule is Cc1nn(C)c2nc(C(C)C)cc(C(=O)NCC(F)(F)F)c12. The predicted molar refractivity (Wildman–Crippen MR) is 75.7 cm³/mol. The van der Waals surface area contributed by atoms with Crippen molar-refractivity contribution >= 4 is 16.9 Å². The molecule has 2 rings (SSSR count). The summed E-state index contributed by atoms with van der Waals surface area (Å²) in [6.07, 6.45) is -4.45. The minimum absolute atomic E-state index is 0.0359. The molecule has 0 saturated carbocycles. The summed E-state index contributed by atoms with van der Waals surface area (Å²) in [6.45, 7) is 4.12. The number of pyridine rings is 1. The number of carbonyl (C=O) groups is 1. The summed E-state index contributed by atoms with van der Waals surface area (Å²) in [4.78, 5) is 16.6. The highest BCUT2D eigenvalue weighted by molar-refractivity contribution is 6.06. The van der Waals surface area contributed by atoms with Crippen molar-refractivity contribution in [3.8, 4) is 0 Å². The second-order valence-electron chi connectivity index (χ2n) is 5.45. The van der Waals surface area contributed by atoms with Gasteiger partial charge >= 0.3 is 6.18 Å². The Kier molecular flexibility index (Phi) is 4.12. The summed E-state index contributed by atoms with van der Waals surface area (Å²) in [5.74, 6) is -0.739. The van der Waals surface area contributed by atoms with Crippen molar-refractivity contribution in [2.75, 3.05) is 6.54 Å². The van der Waals surface area contributed by atoms with Crippen molar-refractivity contribution in [2.45, 2.75) is 32.9 Å². The van der Waals surface area contributed by atoms with Crippen molar-refractivity contribution < 1.29 is 18.0 Å². The van der Waals surface area contributed by atoms with E-state index in [4.69, 9.17) is 0 Å². The van der Waals surface area contributed by atoms with E-state index in [9.17, 15) is 18.0 Å². The van der Waals surface area contributed by atoms with Crippen LogP contribution < -0.4 is 5.32 Å². The molecule has 2 aromatic heterocycles. The molecule has 0 radical (unpaired) electrons. The highest BCUT2D eigenvalue weighted by Crippen LogP contribution is 2.25. The monoisotopic (exact) mass is 314 g/mol. The Hall–Kier alpha value is -2.12. The number of amides is 1.